The molecule has 1 amide bonds. The lowest BCUT2D eigenvalue weighted by Gasteiger charge is -2.35. The Kier molecular flexibility index (Phi) is 2.66. The maximum Gasteiger partial charge on any atom is 0.238 e. The van der Waals surface area contributed by atoms with E-state index in [0.717, 1.165) is 24.7 Å². The van der Waals surface area contributed by atoms with Crippen LogP contribution in [0.25, 0.3) is 0 Å². The van der Waals surface area contributed by atoms with Crippen LogP contribution in [-0.4, -0.2) is 29.6 Å². The molecule has 16 heavy (non-hydrogen) atoms. The number of nitrogens with zero attached hydrogens (tertiary/aromatic N) is 1. The number of rotatable bonds is 3. The summed E-state index contributed by atoms with van der Waals surface area (Å²) in [6, 6.07) is 0.567. The van der Waals surface area contributed by atoms with Crippen molar-refractivity contribution in [2.24, 2.45) is 11.8 Å². The summed E-state index contributed by atoms with van der Waals surface area (Å²) in [6.45, 7) is 2.77. The van der Waals surface area contributed by atoms with Gasteiger partial charge >= 0.3 is 0 Å². The van der Waals surface area contributed by atoms with Crippen molar-refractivity contribution < 1.29 is 4.79 Å². The number of amides is 1. The maximum atomic E-state index is 12.0. The van der Waals surface area contributed by atoms with E-state index in [-0.39, 0.29) is 0 Å². The second-order valence-electron chi connectivity index (χ2n) is 5.73. The van der Waals surface area contributed by atoms with Gasteiger partial charge < -0.3 is 4.90 Å². The van der Waals surface area contributed by atoms with Gasteiger partial charge in [-0.1, -0.05) is 19.8 Å². The van der Waals surface area contributed by atoms with Crippen LogP contribution in [0, 0.1) is 11.8 Å². The first kappa shape index (κ1) is 10.6. The molecule has 0 aromatic carbocycles. The van der Waals surface area contributed by atoms with Gasteiger partial charge in [-0.05, 0) is 37.5 Å². The number of carbonyl (C=O) groups excluding carboxylic acids is 1. The minimum Gasteiger partial charge on any atom is -0.323 e. The fraction of sp³-hybridized carbons (Fsp3) is 0.923. The van der Waals surface area contributed by atoms with Crippen LogP contribution in [0.5, 0.6) is 0 Å². The monoisotopic (exact) mass is 222 g/mol. The third kappa shape index (κ3) is 1.56. The molecule has 1 N–H and O–H groups in total. The first-order valence-corrected chi connectivity index (χ1v) is 6.84. The molecule has 0 spiro atoms. The number of carbonyl (C=O) groups is 1. The molecule has 2 aliphatic carbocycles. The lowest BCUT2D eigenvalue weighted by atomic mass is 9.93. The molecule has 4 unspecified atom stereocenters. The maximum absolute atomic E-state index is 12.0. The summed E-state index contributed by atoms with van der Waals surface area (Å²) in [6.07, 6.45) is 8.03. The molecular weight excluding hydrogens is 200 g/mol. The van der Waals surface area contributed by atoms with Crippen molar-refractivity contribution in [2.45, 2.75) is 57.7 Å². The molecule has 90 valence electrons. The van der Waals surface area contributed by atoms with Crippen LogP contribution >= 0.6 is 0 Å². The first-order chi connectivity index (χ1) is 7.79. The summed E-state index contributed by atoms with van der Waals surface area (Å²) in [4.78, 5) is 14.2. The molecule has 1 heterocycles. The smallest absolute Gasteiger partial charge is 0.238 e. The summed E-state index contributed by atoms with van der Waals surface area (Å²) in [5.41, 5.74) is 0. The van der Waals surface area contributed by atoms with Crippen molar-refractivity contribution in [3.05, 3.63) is 0 Å². The van der Waals surface area contributed by atoms with E-state index in [2.05, 4.69) is 17.1 Å². The van der Waals surface area contributed by atoms with Gasteiger partial charge in [0.25, 0.3) is 0 Å². The van der Waals surface area contributed by atoms with Gasteiger partial charge in [0, 0.05) is 6.04 Å². The molecule has 1 saturated heterocycles. The van der Waals surface area contributed by atoms with Crippen LogP contribution in [0.1, 0.15) is 45.4 Å². The SMILES string of the molecule is CCCC1NCC(=O)N1C1CC2CCC1C2. The van der Waals surface area contributed by atoms with Crippen molar-refractivity contribution >= 4 is 5.91 Å². The third-order valence-electron chi connectivity index (χ3n) is 4.73. The highest BCUT2D eigenvalue weighted by atomic mass is 16.2. The normalized spacial score (nSPS) is 42.3. The number of hydrogen-bond donors (Lipinski definition) is 1. The van der Waals surface area contributed by atoms with Gasteiger partial charge in [0.1, 0.15) is 0 Å². The topological polar surface area (TPSA) is 32.3 Å². The van der Waals surface area contributed by atoms with Crippen molar-refractivity contribution in [2.75, 3.05) is 6.54 Å². The average Bonchev–Trinajstić information content (AvgIpc) is 2.94. The van der Waals surface area contributed by atoms with E-state index in [0.29, 0.717) is 24.7 Å². The van der Waals surface area contributed by atoms with Gasteiger partial charge in [-0.2, -0.15) is 0 Å². The fourth-order valence-electron chi connectivity index (χ4n) is 4.05. The lowest BCUT2D eigenvalue weighted by Crippen LogP contribution is -2.46. The Labute approximate surface area is 97.6 Å². The van der Waals surface area contributed by atoms with E-state index in [1.54, 1.807) is 0 Å². The zero-order valence-electron chi connectivity index (χ0n) is 10.1. The van der Waals surface area contributed by atoms with E-state index in [9.17, 15) is 4.79 Å². The standard InChI is InChI=1S/C13H22N2O/c1-2-3-12-14-8-13(16)15(12)11-7-9-4-5-10(11)6-9/h9-12,14H,2-8H2,1H3. The predicted molar refractivity (Wildman–Crippen MR) is 62.8 cm³/mol. The quantitative estimate of drug-likeness (QED) is 0.789. The van der Waals surface area contributed by atoms with Gasteiger partial charge in [0.2, 0.25) is 5.91 Å². The Morgan fingerprint density at radius 3 is 2.88 bits per heavy atom. The van der Waals surface area contributed by atoms with Gasteiger partial charge in [0.05, 0.1) is 12.7 Å². The summed E-state index contributed by atoms with van der Waals surface area (Å²) >= 11 is 0. The molecule has 4 atom stereocenters. The van der Waals surface area contributed by atoms with E-state index < -0.39 is 0 Å². The summed E-state index contributed by atoms with van der Waals surface area (Å²) in [7, 11) is 0. The van der Waals surface area contributed by atoms with Crippen LogP contribution in [0.3, 0.4) is 0 Å². The van der Waals surface area contributed by atoms with E-state index >= 15 is 0 Å². The summed E-state index contributed by atoms with van der Waals surface area (Å²) < 4.78 is 0. The summed E-state index contributed by atoms with van der Waals surface area (Å²) in [5.74, 6) is 2.08. The Morgan fingerprint density at radius 2 is 2.25 bits per heavy atom. The van der Waals surface area contributed by atoms with E-state index in [4.69, 9.17) is 0 Å². The molecule has 0 aromatic heterocycles. The Morgan fingerprint density at radius 1 is 1.38 bits per heavy atom. The zero-order valence-corrected chi connectivity index (χ0v) is 10.1. The predicted octanol–water partition coefficient (Wildman–Crippen LogP) is 1.73. The van der Waals surface area contributed by atoms with E-state index in [1.165, 1.54) is 25.7 Å². The molecule has 2 bridgehead atoms. The van der Waals surface area contributed by atoms with Crippen LogP contribution in [-0.2, 0) is 4.79 Å². The highest BCUT2D eigenvalue weighted by Crippen LogP contribution is 2.47. The van der Waals surface area contributed by atoms with Crippen molar-refractivity contribution in [1.82, 2.24) is 10.2 Å². The molecule has 3 rings (SSSR count). The minimum atomic E-state index is 0.335. The molecule has 2 saturated carbocycles. The third-order valence-corrected chi connectivity index (χ3v) is 4.73. The zero-order chi connectivity index (χ0) is 11.1. The number of fused-ring (bicyclic) bond motifs is 2. The molecule has 0 aromatic rings. The lowest BCUT2D eigenvalue weighted by molar-refractivity contribution is -0.131. The average molecular weight is 222 g/mol. The number of nitrogens with one attached hydrogen (secondary N) is 1. The van der Waals surface area contributed by atoms with Crippen molar-refractivity contribution in [3.8, 4) is 0 Å². The Bertz CT molecular complexity index is 292. The largest absolute Gasteiger partial charge is 0.323 e. The highest BCUT2D eigenvalue weighted by molar-refractivity contribution is 5.81. The molecule has 1 aliphatic heterocycles. The van der Waals surface area contributed by atoms with Crippen molar-refractivity contribution in [1.29, 1.82) is 0 Å². The minimum absolute atomic E-state index is 0.335. The molecule has 3 aliphatic rings. The van der Waals surface area contributed by atoms with E-state index in [1.807, 2.05) is 0 Å². The molecule has 3 heteroatoms. The molecule has 0 radical (unpaired) electrons. The highest BCUT2D eigenvalue weighted by Gasteiger charge is 2.47. The molecule has 3 nitrogen and oxygen atoms in total. The Hall–Kier alpha value is -0.570. The molecular formula is C13H22N2O. The van der Waals surface area contributed by atoms with Gasteiger partial charge in [0.15, 0.2) is 0 Å². The van der Waals surface area contributed by atoms with Crippen LogP contribution in [0.15, 0.2) is 0 Å². The second-order valence-corrected chi connectivity index (χ2v) is 5.73. The van der Waals surface area contributed by atoms with Crippen molar-refractivity contribution in [3.63, 3.8) is 0 Å². The first-order valence-electron chi connectivity index (χ1n) is 6.84. The Balaban J connectivity index is 1.74. The van der Waals surface area contributed by atoms with Gasteiger partial charge in [-0.15, -0.1) is 0 Å². The second kappa shape index (κ2) is 4.02. The molecule has 3 fully saturated rings. The van der Waals surface area contributed by atoms with Crippen LogP contribution in [0.4, 0.5) is 0 Å². The summed E-state index contributed by atoms with van der Waals surface area (Å²) in [5, 5.41) is 3.37. The van der Waals surface area contributed by atoms with Crippen LogP contribution in [0.2, 0.25) is 0 Å². The number of hydrogen-bond acceptors (Lipinski definition) is 2. The van der Waals surface area contributed by atoms with Crippen LogP contribution < -0.4 is 5.32 Å². The van der Waals surface area contributed by atoms with Gasteiger partial charge in [-0.25, -0.2) is 0 Å². The van der Waals surface area contributed by atoms with Gasteiger partial charge in [-0.3, -0.25) is 10.1 Å². The fourth-order valence-corrected chi connectivity index (χ4v) is 4.05.